The maximum atomic E-state index is 12.0. The number of Topliss-reactive ketones (excluding diaryl/α,β-unsaturated/α-hetero) is 1. The van der Waals surface area contributed by atoms with Gasteiger partial charge < -0.3 is 0 Å². The fourth-order valence-electron chi connectivity index (χ4n) is 2.45. The van der Waals surface area contributed by atoms with Crippen LogP contribution in [0.4, 0.5) is 0 Å². The third kappa shape index (κ3) is 2.94. The molecule has 0 aliphatic heterocycles. The molecule has 0 N–H and O–H groups in total. The molecule has 0 bridgehead atoms. The standard InChI is InChI=1S/C13H16O3S/c1-17(15,16)9-13(14)12-8-4-6-10-5-2-3-7-11(10)12/h2-3,5,7,12H,4,6,8-9H2,1H3. The van der Waals surface area contributed by atoms with Crippen LogP contribution in [0.3, 0.4) is 0 Å². The monoisotopic (exact) mass is 252 g/mol. The molecule has 2 rings (SSSR count). The zero-order valence-electron chi connectivity index (χ0n) is 9.85. The number of aryl methyl sites for hydroxylation is 1. The molecule has 0 amide bonds. The summed E-state index contributed by atoms with van der Waals surface area (Å²) in [5, 5.41) is 0. The Kier molecular flexibility index (Phi) is 3.33. The van der Waals surface area contributed by atoms with Gasteiger partial charge in [-0.1, -0.05) is 24.3 Å². The lowest BCUT2D eigenvalue weighted by Crippen LogP contribution is -2.24. The predicted molar refractivity (Wildman–Crippen MR) is 66.8 cm³/mol. The number of rotatable bonds is 3. The Hall–Kier alpha value is -1.16. The molecule has 3 nitrogen and oxygen atoms in total. The molecular weight excluding hydrogens is 236 g/mol. The molecule has 1 aliphatic rings. The van der Waals surface area contributed by atoms with Crippen LogP contribution >= 0.6 is 0 Å². The van der Waals surface area contributed by atoms with E-state index in [0.29, 0.717) is 0 Å². The predicted octanol–water partition coefficient (Wildman–Crippen LogP) is 1.72. The van der Waals surface area contributed by atoms with E-state index in [1.54, 1.807) is 0 Å². The summed E-state index contributed by atoms with van der Waals surface area (Å²) < 4.78 is 22.4. The maximum absolute atomic E-state index is 12.0. The summed E-state index contributed by atoms with van der Waals surface area (Å²) in [4.78, 5) is 12.0. The van der Waals surface area contributed by atoms with E-state index in [1.165, 1.54) is 5.56 Å². The second-order valence-electron chi connectivity index (χ2n) is 4.68. The summed E-state index contributed by atoms with van der Waals surface area (Å²) in [5.41, 5.74) is 2.21. The molecular formula is C13H16O3S. The first-order chi connectivity index (χ1) is 7.97. The molecule has 1 unspecified atom stereocenters. The van der Waals surface area contributed by atoms with Crippen molar-refractivity contribution in [2.24, 2.45) is 0 Å². The molecule has 0 saturated carbocycles. The minimum absolute atomic E-state index is 0.167. The van der Waals surface area contributed by atoms with Crippen molar-refractivity contribution in [3.05, 3.63) is 35.4 Å². The van der Waals surface area contributed by atoms with E-state index in [4.69, 9.17) is 0 Å². The van der Waals surface area contributed by atoms with Crippen molar-refractivity contribution in [1.82, 2.24) is 0 Å². The highest BCUT2D eigenvalue weighted by Crippen LogP contribution is 2.32. The molecule has 1 aliphatic carbocycles. The van der Waals surface area contributed by atoms with Gasteiger partial charge in [-0.25, -0.2) is 8.42 Å². The van der Waals surface area contributed by atoms with Gasteiger partial charge >= 0.3 is 0 Å². The van der Waals surface area contributed by atoms with Crippen molar-refractivity contribution in [3.8, 4) is 0 Å². The largest absolute Gasteiger partial charge is 0.298 e. The molecule has 17 heavy (non-hydrogen) atoms. The summed E-state index contributed by atoms with van der Waals surface area (Å²) >= 11 is 0. The van der Waals surface area contributed by atoms with Gasteiger partial charge in [0.05, 0.1) is 0 Å². The van der Waals surface area contributed by atoms with Crippen molar-refractivity contribution in [1.29, 1.82) is 0 Å². The first-order valence-corrected chi connectivity index (χ1v) is 7.81. The van der Waals surface area contributed by atoms with Gasteiger partial charge in [0.1, 0.15) is 5.75 Å². The Balaban J connectivity index is 2.27. The van der Waals surface area contributed by atoms with E-state index < -0.39 is 9.84 Å². The van der Waals surface area contributed by atoms with Crippen LogP contribution in [0.1, 0.15) is 29.9 Å². The Morgan fingerprint density at radius 1 is 1.35 bits per heavy atom. The summed E-state index contributed by atoms with van der Waals surface area (Å²) in [6.45, 7) is 0. The number of benzene rings is 1. The molecule has 1 aromatic carbocycles. The normalized spacial score (nSPS) is 19.7. The number of sulfone groups is 1. The number of hydrogen-bond donors (Lipinski definition) is 0. The molecule has 4 heteroatoms. The van der Waals surface area contributed by atoms with Crippen LogP contribution in [0.2, 0.25) is 0 Å². The first kappa shape index (κ1) is 12.3. The van der Waals surface area contributed by atoms with E-state index >= 15 is 0 Å². The Bertz CT molecular complexity index is 531. The average Bonchev–Trinajstić information content (AvgIpc) is 2.26. The van der Waals surface area contributed by atoms with Gasteiger partial charge in [0, 0.05) is 12.2 Å². The quantitative estimate of drug-likeness (QED) is 0.823. The number of carbonyl (C=O) groups excluding carboxylic acids is 1. The van der Waals surface area contributed by atoms with E-state index in [0.717, 1.165) is 31.1 Å². The van der Waals surface area contributed by atoms with Crippen LogP contribution in [0.5, 0.6) is 0 Å². The second kappa shape index (κ2) is 4.61. The van der Waals surface area contributed by atoms with Crippen molar-refractivity contribution in [2.75, 3.05) is 12.0 Å². The van der Waals surface area contributed by atoms with Gasteiger partial charge in [0.25, 0.3) is 0 Å². The summed E-state index contributed by atoms with van der Waals surface area (Å²) in [6, 6.07) is 7.84. The lowest BCUT2D eigenvalue weighted by atomic mass is 9.81. The fourth-order valence-corrected chi connectivity index (χ4v) is 3.17. The Labute approximate surface area is 102 Å². The van der Waals surface area contributed by atoms with E-state index in [2.05, 4.69) is 0 Å². The maximum Gasteiger partial charge on any atom is 0.155 e. The average molecular weight is 252 g/mol. The number of ketones is 1. The summed E-state index contributed by atoms with van der Waals surface area (Å²) in [7, 11) is -3.22. The topological polar surface area (TPSA) is 51.2 Å². The lowest BCUT2D eigenvalue weighted by molar-refractivity contribution is -0.118. The molecule has 0 fully saturated rings. The molecule has 92 valence electrons. The highest BCUT2D eigenvalue weighted by atomic mass is 32.2. The van der Waals surface area contributed by atoms with Gasteiger partial charge in [0.2, 0.25) is 0 Å². The van der Waals surface area contributed by atoms with Gasteiger partial charge in [-0.3, -0.25) is 4.79 Å². The SMILES string of the molecule is CS(=O)(=O)CC(=O)C1CCCc2ccccc21. The van der Waals surface area contributed by atoms with Crippen LogP contribution in [-0.2, 0) is 21.1 Å². The van der Waals surface area contributed by atoms with Crippen molar-refractivity contribution in [2.45, 2.75) is 25.2 Å². The van der Waals surface area contributed by atoms with E-state index in [1.807, 2.05) is 24.3 Å². The van der Waals surface area contributed by atoms with Crippen molar-refractivity contribution >= 4 is 15.6 Å². The summed E-state index contributed by atoms with van der Waals surface area (Å²) in [6.07, 6.45) is 3.82. The van der Waals surface area contributed by atoms with Crippen molar-refractivity contribution in [3.63, 3.8) is 0 Å². The third-order valence-electron chi connectivity index (χ3n) is 3.16. The van der Waals surface area contributed by atoms with Crippen LogP contribution in [0.15, 0.2) is 24.3 Å². The molecule has 0 aromatic heterocycles. The summed E-state index contributed by atoms with van der Waals surface area (Å²) in [5.74, 6) is -0.735. The highest BCUT2D eigenvalue weighted by Gasteiger charge is 2.27. The number of fused-ring (bicyclic) bond motifs is 1. The molecule has 0 radical (unpaired) electrons. The third-order valence-corrected chi connectivity index (χ3v) is 3.97. The Morgan fingerprint density at radius 2 is 2.06 bits per heavy atom. The lowest BCUT2D eigenvalue weighted by Gasteiger charge is -2.24. The Morgan fingerprint density at radius 3 is 2.76 bits per heavy atom. The van der Waals surface area contributed by atoms with Gasteiger partial charge in [0.15, 0.2) is 15.6 Å². The molecule has 0 saturated heterocycles. The van der Waals surface area contributed by atoms with Gasteiger partial charge in [-0.05, 0) is 30.4 Å². The van der Waals surface area contributed by atoms with E-state index in [9.17, 15) is 13.2 Å². The smallest absolute Gasteiger partial charge is 0.155 e. The number of carbonyl (C=O) groups is 1. The molecule has 0 spiro atoms. The molecule has 1 atom stereocenters. The first-order valence-electron chi connectivity index (χ1n) is 5.75. The fraction of sp³-hybridized carbons (Fsp3) is 0.462. The number of hydrogen-bond acceptors (Lipinski definition) is 3. The highest BCUT2D eigenvalue weighted by molar-refractivity contribution is 7.91. The molecule has 1 aromatic rings. The minimum atomic E-state index is -3.22. The van der Waals surface area contributed by atoms with Crippen molar-refractivity contribution < 1.29 is 13.2 Å². The minimum Gasteiger partial charge on any atom is -0.298 e. The molecule has 0 heterocycles. The van der Waals surface area contributed by atoms with Crippen LogP contribution in [0.25, 0.3) is 0 Å². The van der Waals surface area contributed by atoms with Crippen LogP contribution < -0.4 is 0 Å². The zero-order chi connectivity index (χ0) is 12.5. The van der Waals surface area contributed by atoms with Gasteiger partial charge in [-0.2, -0.15) is 0 Å². The van der Waals surface area contributed by atoms with Crippen LogP contribution in [0, 0.1) is 0 Å². The van der Waals surface area contributed by atoms with Crippen LogP contribution in [-0.4, -0.2) is 26.2 Å². The second-order valence-corrected chi connectivity index (χ2v) is 6.82. The zero-order valence-corrected chi connectivity index (χ0v) is 10.7. The van der Waals surface area contributed by atoms with E-state index in [-0.39, 0.29) is 17.5 Å². The van der Waals surface area contributed by atoms with Gasteiger partial charge in [-0.15, -0.1) is 0 Å².